The van der Waals surface area contributed by atoms with E-state index in [0.717, 1.165) is 38.4 Å². The van der Waals surface area contributed by atoms with E-state index >= 15 is 0 Å². The zero-order valence-corrected chi connectivity index (χ0v) is 11.2. The molecule has 0 aliphatic rings. The molecule has 0 aromatic heterocycles. The number of hydrogen-bond donors (Lipinski definition) is 1. The Balaban J connectivity index is 2.11. The first kappa shape index (κ1) is 14.0. The second-order valence-electron chi connectivity index (χ2n) is 4.43. The van der Waals surface area contributed by atoms with Gasteiger partial charge < -0.3 is 15.0 Å². The average Bonchev–Trinajstić information content (AvgIpc) is 2.32. The van der Waals surface area contributed by atoms with E-state index in [0.29, 0.717) is 0 Å². The fourth-order valence-electron chi connectivity index (χ4n) is 1.64. The van der Waals surface area contributed by atoms with Crippen LogP contribution in [0.1, 0.15) is 12.0 Å². The van der Waals surface area contributed by atoms with Crippen LogP contribution in [0.25, 0.3) is 0 Å². The Morgan fingerprint density at radius 2 is 2.12 bits per heavy atom. The molecule has 3 nitrogen and oxygen atoms in total. The Labute approximate surface area is 105 Å². The summed E-state index contributed by atoms with van der Waals surface area (Å²) in [4.78, 5) is 2.32. The van der Waals surface area contributed by atoms with Crippen LogP contribution in [-0.2, 0) is 0 Å². The Hall–Kier alpha value is -1.06. The zero-order valence-electron chi connectivity index (χ0n) is 11.2. The van der Waals surface area contributed by atoms with Crippen LogP contribution >= 0.6 is 0 Å². The molecule has 0 saturated carbocycles. The highest BCUT2D eigenvalue weighted by atomic mass is 16.5. The van der Waals surface area contributed by atoms with Crippen molar-refractivity contribution in [3.05, 3.63) is 29.8 Å². The van der Waals surface area contributed by atoms with Crippen LogP contribution in [0.2, 0.25) is 0 Å². The van der Waals surface area contributed by atoms with E-state index in [-0.39, 0.29) is 0 Å². The number of hydrogen-bond acceptors (Lipinski definition) is 3. The highest BCUT2D eigenvalue weighted by molar-refractivity contribution is 5.27. The summed E-state index contributed by atoms with van der Waals surface area (Å²) in [5.74, 6) is 0.975. The molecule has 3 heteroatoms. The van der Waals surface area contributed by atoms with Gasteiger partial charge in [-0.1, -0.05) is 12.1 Å². The fourth-order valence-corrected chi connectivity index (χ4v) is 1.64. The number of benzene rings is 1. The lowest BCUT2D eigenvalue weighted by Crippen LogP contribution is -2.28. The lowest BCUT2D eigenvalue weighted by molar-refractivity contribution is 0.263. The third-order valence-electron chi connectivity index (χ3n) is 2.69. The van der Waals surface area contributed by atoms with Gasteiger partial charge in [0.2, 0.25) is 0 Å². The molecule has 0 spiro atoms. The van der Waals surface area contributed by atoms with E-state index in [4.69, 9.17) is 4.74 Å². The molecular weight excluding hydrogens is 212 g/mol. The van der Waals surface area contributed by atoms with E-state index in [1.54, 1.807) is 0 Å². The third-order valence-corrected chi connectivity index (χ3v) is 2.69. The van der Waals surface area contributed by atoms with Crippen LogP contribution in [0.4, 0.5) is 0 Å². The minimum absolute atomic E-state index is 0.785. The average molecular weight is 236 g/mol. The molecule has 96 valence electrons. The van der Waals surface area contributed by atoms with Gasteiger partial charge in [-0.3, -0.25) is 0 Å². The standard InChI is InChI=1S/C14H24N2O/c1-13-6-4-7-14(12-13)17-11-5-9-16(3)10-8-15-2/h4,6-7,12,15H,5,8-11H2,1-3H3. The summed E-state index contributed by atoms with van der Waals surface area (Å²) in [6, 6.07) is 8.20. The number of likely N-dealkylation sites (N-methyl/N-ethyl adjacent to an activating group) is 2. The molecule has 1 aromatic carbocycles. The number of nitrogens with zero attached hydrogens (tertiary/aromatic N) is 1. The van der Waals surface area contributed by atoms with Crippen molar-refractivity contribution in [1.29, 1.82) is 0 Å². The monoisotopic (exact) mass is 236 g/mol. The normalized spacial score (nSPS) is 10.8. The van der Waals surface area contributed by atoms with Crippen LogP contribution < -0.4 is 10.1 Å². The van der Waals surface area contributed by atoms with Crippen molar-refractivity contribution in [1.82, 2.24) is 10.2 Å². The van der Waals surface area contributed by atoms with Gasteiger partial charge in [0.05, 0.1) is 6.61 Å². The van der Waals surface area contributed by atoms with E-state index in [2.05, 4.69) is 36.3 Å². The molecule has 0 radical (unpaired) electrons. The quantitative estimate of drug-likeness (QED) is 0.698. The van der Waals surface area contributed by atoms with Crippen LogP contribution in [0.15, 0.2) is 24.3 Å². The van der Waals surface area contributed by atoms with Crippen molar-refractivity contribution in [3.8, 4) is 5.75 Å². The minimum Gasteiger partial charge on any atom is -0.494 e. The first-order chi connectivity index (χ1) is 8.22. The number of aryl methyl sites for hydroxylation is 1. The Morgan fingerprint density at radius 3 is 2.82 bits per heavy atom. The second-order valence-corrected chi connectivity index (χ2v) is 4.43. The van der Waals surface area contributed by atoms with Gasteiger partial charge in [0, 0.05) is 19.6 Å². The Morgan fingerprint density at radius 1 is 1.29 bits per heavy atom. The van der Waals surface area contributed by atoms with Crippen LogP contribution in [0.3, 0.4) is 0 Å². The summed E-state index contributed by atoms with van der Waals surface area (Å²) in [6.07, 6.45) is 1.06. The summed E-state index contributed by atoms with van der Waals surface area (Å²) >= 11 is 0. The van der Waals surface area contributed by atoms with Crippen molar-refractivity contribution < 1.29 is 4.74 Å². The smallest absolute Gasteiger partial charge is 0.119 e. The maximum atomic E-state index is 5.70. The summed E-state index contributed by atoms with van der Waals surface area (Å²) in [6.45, 7) is 6.06. The van der Waals surface area contributed by atoms with E-state index in [9.17, 15) is 0 Å². The van der Waals surface area contributed by atoms with Gasteiger partial charge in [-0.25, -0.2) is 0 Å². The molecular formula is C14H24N2O. The van der Waals surface area contributed by atoms with E-state index in [1.165, 1.54) is 5.56 Å². The van der Waals surface area contributed by atoms with Gasteiger partial charge in [0.15, 0.2) is 0 Å². The highest BCUT2D eigenvalue weighted by Gasteiger charge is 1.98. The molecule has 0 amide bonds. The third kappa shape index (κ3) is 6.29. The summed E-state index contributed by atoms with van der Waals surface area (Å²) in [5.41, 5.74) is 1.24. The largest absolute Gasteiger partial charge is 0.494 e. The van der Waals surface area contributed by atoms with Gasteiger partial charge in [-0.05, 0) is 45.1 Å². The van der Waals surface area contributed by atoms with Crippen molar-refractivity contribution >= 4 is 0 Å². The molecule has 0 bridgehead atoms. The number of ether oxygens (including phenoxy) is 1. The van der Waals surface area contributed by atoms with Crippen molar-refractivity contribution in [2.24, 2.45) is 0 Å². The van der Waals surface area contributed by atoms with Crippen LogP contribution in [-0.4, -0.2) is 45.2 Å². The first-order valence-corrected chi connectivity index (χ1v) is 6.25. The van der Waals surface area contributed by atoms with Gasteiger partial charge >= 0.3 is 0 Å². The fraction of sp³-hybridized carbons (Fsp3) is 0.571. The lowest BCUT2D eigenvalue weighted by atomic mass is 10.2. The summed E-state index contributed by atoms with van der Waals surface area (Å²) in [7, 11) is 4.12. The van der Waals surface area contributed by atoms with E-state index in [1.807, 2.05) is 19.2 Å². The Bertz CT molecular complexity index is 315. The SMILES string of the molecule is CNCCN(C)CCCOc1cccc(C)c1. The molecule has 17 heavy (non-hydrogen) atoms. The molecule has 0 aliphatic carbocycles. The minimum atomic E-state index is 0.785. The first-order valence-electron chi connectivity index (χ1n) is 6.25. The maximum absolute atomic E-state index is 5.70. The van der Waals surface area contributed by atoms with Crippen LogP contribution in [0, 0.1) is 6.92 Å². The number of nitrogens with one attached hydrogen (secondary N) is 1. The van der Waals surface area contributed by atoms with Gasteiger partial charge in [0.25, 0.3) is 0 Å². The van der Waals surface area contributed by atoms with Gasteiger partial charge in [-0.15, -0.1) is 0 Å². The second kappa shape index (κ2) is 8.09. The molecule has 1 aromatic rings. The Kier molecular flexibility index (Phi) is 6.67. The highest BCUT2D eigenvalue weighted by Crippen LogP contribution is 2.12. The number of rotatable bonds is 8. The summed E-state index contributed by atoms with van der Waals surface area (Å²) in [5, 5.41) is 3.15. The van der Waals surface area contributed by atoms with Crippen molar-refractivity contribution in [2.75, 3.05) is 40.3 Å². The predicted octanol–water partition coefficient (Wildman–Crippen LogP) is 1.92. The van der Waals surface area contributed by atoms with E-state index < -0.39 is 0 Å². The van der Waals surface area contributed by atoms with Crippen molar-refractivity contribution in [2.45, 2.75) is 13.3 Å². The summed E-state index contributed by atoms with van der Waals surface area (Å²) < 4.78 is 5.70. The molecule has 0 aliphatic heterocycles. The molecule has 0 saturated heterocycles. The predicted molar refractivity (Wildman–Crippen MR) is 72.7 cm³/mol. The topological polar surface area (TPSA) is 24.5 Å². The zero-order chi connectivity index (χ0) is 12.5. The molecule has 0 heterocycles. The maximum Gasteiger partial charge on any atom is 0.119 e. The molecule has 0 fully saturated rings. The molecule has 1 rings (SSSR count). The van der Waals surface area contributed by atoms with Crippen LogP contribution in [0.5, 0.6) is 5.75 Å². The molecule has 1 N–H and O–H groups in total. The lowest BCUT2D eigenvalue weighted by Gasteiger charge is -2.16. The van der Waals surface area contributed by atoms with Gasteiger partial charge in [-0.2, -0.15) is 0 Å². The molecule has 0 unspecified atom stereocenters. The van der Waals surface area contributed by atoms with Crippen molar-refractivity contribution in [3.63, 3.8) is 0 Å². The van der Waals surface area contributed by atoms with Gasteiger partial charge in [0.1, 0.15) is 5.75 Å². The molecule has 0 atom stereocenters.